The predicted octanol–water partition coefficient (Wildman–Crippen LogP) is 0.192. The number of halogens is 1. The lowest BCUT2D eigenvalue weighted by Gasteiger charge is -2.09. The molecular formula is C22H45ClN2O9. The van der Waals surface area contributed by atoms with Gasteiger partial charge in [0.05, 0.1) is 106 Å². The van der Waals surface area contributed by atoms with E-state index in [1.165, 1.54) is 0 Å². The van der Waals surface area contributed by atoms with Crippen LogP contribution in [0.1, 0.15) is 6.92 Å². The fourth-order valence-corrected chi connectivity index (χ4v) is 2.11. The van der Waals surface area contributed by atoms with Crippen molar-refractivity contribution in [3.05, 3.63) is 12.2 Å². The third-order valence-electron chi connectivity index (χ3n) is 3.79. The zero-order valence-electron chi connectivity index (χ0n) is 20.6. The molecule has 0 aliphatic heterocycles. The number of carbonyl (C=O) groups excluding carboxylic acids is 1. The highest BCUT2D eigenvalue weighted by Gasteiger charge is 1.99. The second kappa shape index (κ2) is 30.2. The maximum atomic E-state index is 11.2. The molecule has 0 bridgehead atoms. The predicted molar refractivity (Wildman–Crippen MR) is 131 cm³/mol. The third-order valence-corrected chi connectivity index (χ3v) is 3.79. The summed E-state index contributed by atoms with van der Waals surface area (Å²) in [7, 11) is 0. The number of hydrogen-bond acceptors (Lipinski definition) is 10. The molecule has 0 radical (unpaired) electrons. The average Bonchev–Trinajstić information content (AvgIpc) is 2.81. The quantitative estimate of drug-likeness (QED) is 0.115. The second-order valence-corrected chi connectivity index (χ2v) is 6.72. The number of ether oxygens (including phenoxy) is 8. The lowest BCUT2D eigenvalue weighted by atomic mass is 10.3. The number of nitrogens with one attached hydrogen (secondary N) is 1. The SMILES string of the molecule is C=C(C)C(=O)NCCOCCOCCOCCOCCOCCOCCOCCOCCN.Cl. The molecule has 11 nitrogen and oxygen atoms in total. The van der Waals surface area contributed by atoms with E-state index in [1.807, 2.05) is 0 Å². The van der Waals surface area contributed by atoms with Gasteiger partial charge in [-0.3, -0.25) is 4.79 Å². The second-order valence-electron chi connectivity index (χ2n) is 6.72. The molecule has 0 aliphatic rings. The van der Waals surface area contributed by atoms with E-state index >= 15 is 0 Å². The summed E-state index contributed by atoms with van der Waals surface area (Å²) in [5, 5.41) is 2.69. The summed E-state index contributed by atoms with van der Waals surface area (Å²) in [6.45, 7) is 14.4. The summed E-state index contributed by atoms with van der Waals surface area (Å²) in [4.78, 5) is 11.2. The molecule has 0 rings (SSSR count). The first-order valence-corrected chi connectivity index (χ1v) is 11.4. The maximum Gasteiger partial charge on any atom is 0.246 e. The van der Waals surface area contributed by atoms with Crippen LogP contribution in [0, 0.1) is 0 Å². The van der Waals surface area contributed by atoms with Crippen molar-refractivity contribution in [1.82, 2.24) is 5.32 Å². The Morgan fingerprint density at radius 1 is 0.588 bits per heavy atom. The Bertz CT molecular complexity index is 449. The van der Waals surface area contributed by atoms with Crippen LogP contribution in [-0.4, -0.2) is 125 Å². The van der Waals surface area contributed by atoms with Crippen LogP contribution >= 0.6 is 12.4 Å². The van der Waals surface area contributed by atoms with Crippen LogP contribution in [0.4, 0.5) is 0 Å². The van der Waals surface area contributed by atoms with Crippen molar-refractivity contribution in [2.24, 2.45) is 5.73 Å². The Balaban J connectivity index is 0. The number of carbonyl (C=O) groups is 1. The fourth-order valence-electron chi connectivity index (χ4n) is 2.11. The summed E-state index contributed by atoms with van der Waals surface area (Å²) in [5.41, 5.74) is 5.79. The van der Waals surface area contributed by atoms with E-state index in [-0.39, 0.29) is 18.3 Å². The molecule has 0 unspecified atom stereocenters. The number of hydrogen-bond donors (Lipinski definition) is 2. The summed E-state index contributed by atoms with van der Waals surface area (Å²) in [5.74, 6) is -0.160. The molecule has 0 fully saturated rings. The van der Waals surface area contributed by atoms with Crippen LogP contribution in [0.2, 0.25) is 0 Å². The van der Waals surface area contributed by atoms with Gasteiger partial charge >= 0.3 is 0 Å². The Morgan fingerprint density at radius 3 is 1.12 bits per heavy atom. The van der Waals surface area contributed by atoms with Crippen LogP contribution in [0.5, 0.6) is 0 Å². The Labute approximate surface area is 210 Å². The van der Waals surface area contributed by atoms with E-state index in [4.69, 9.17) is 43.6 Å². The zero-order valence-corrected chi connectivity index (χ0v) is 21.4. The molecule has 3 N–H and O–H groups in total. The summed E-state index contributed by atoms with van der Waals surface area (Å²) < 4.78 is 42.9. The van der Waals surface area contributed by atoms with Gasteiger partial charge in [-0.15, -0.1) is 12.4 Å². The minimum Gasteiger partial charge on any atom is -0.378 e. The molecule has 0 aliphatic carbocycles. The normalized spacial score (nSPS) is 10.8. The standard InChI is InChI=1S/C22H44N2O9.ClH/c1-21(2)22(25)24-4-6-27-8-10-29-12-14-31-16-18-33-20-19-32-17-15-30-13-11-28-9-7-26-5-3-23;/h1,3-20,23H2,2H3,(H,24,25);1H. The van der Waals surface area contributed by atoms with Crippen molar-refractivity contribution in [2.75, 3.05) is 119 Å². The largest absolute Gasteiger partial charge is 0.378 e. The molecular weight excluding hydrogens is 472 g/mol. The fraction of sp³-hybridized carbons (Fsp3) is 0.864. The molecule has 0 atom stereocenters. The van der Waals surface area contributed by atoms with Crippen LogP contribution < -0.4 is 11.1 Å². The molecule has 12 heteroatoms. The van der Waals surface area contributed by atoms with Crippen molar-refractivity contribution in [2.45, 2.75) is 6.92 Å². The van der Waals surface area contributed by atoms with Crippen molar-refractivity contribution in [3.63, 3.8) is 0 Å². The van der Waals surface area contributed by atoms with Gasteiger partial charge in [0.1, 0.15) is 0 Å². The summed E-state index contributed by atoms with van der Waals surface area (Å²) in [6, 6.07) is 0. The third kappa shape index (κ3) is 29.2. The molecule has 0 saturated heterocycles. The van der Waals surface area contributed by atoms with Crippen molar-refractivity contribution >= 4 is 18.3 Å². The van der Waals surface area contributed by atoms with Gasteiger partial charge in [0.25, 0.3) is 0 Å². The number of rotatable bonds is 27. The summed E-state index contributed by atoms with van der Waals surface area (Å²) >= 11 is 0. The molecule has 0 aromatic heterocycles. The van der Waals surface area contributed by atoms with Crippen molar-refractivity contribution < 1.29 is 42.7 Å². The van der Waals surface area contributed by atoms with E-state index < -0.39 is 0 Å². The molecule has 204 valence electrons. The van der Waals surface area contributed by atoms with Gasteiger partial charge in [-0.05, 0) is 6.92 Å². The zero-order chi connectivity index (χ0) is 24.2. The first-order chi connectivity index (χ1) is 16.2. The van der Waals surface area contributed by atoms with Gasteiger partial charge in [0.15, 0.2) is 0 Å². The average molecular weight is 517 g/mol. The Kier molecular flexibility index (Phi) is 31.3. The molecule has 0 heterocycles. The lowest BCUT2D eigenvalue weighted by molar-refractivity contribution is -0.117. The van der Waals surface area contributed by atoms with Gasteiger partial charge < -0.3 is 48.9 Å². The highest BCUT2D eigenvalue weighted by molar-refractivity contribution is 5.92. The first kappa shape index (κ1) is 35.3. The van der Waals surface area contributed by atoms with Gasteiger partial charge in [0, 0.05) is 18.7 Å². The molecule has 0 aromatic rings. The Morgan fingerprint density at radius 2 is 0.853 bits per heavy atom. The molecule has 0 aromatic carbocycles. The van der Waals surface area contributed by atoms with E-state index in [1.54, 1.807) is 6.92 Å². The van der Waals surface area contributed by atoms with E-state index in [2.05, 4.69) is 11.9 Å². The molecule has 34 heavy (non-hydrogen) atoms. The smallest absolute Gasteiger partial charge is 0.246 e. The van der Waals surface area contributed by atoms with E-state index in [0.717, 1.165) is 0 Å². The number of amides is 1. The topological polar surface area (TPSA) is 129 Å². The minimum absolute atomic E-state index is 0. The maximum absolute atomic E-state index is 11.2. The monoisotopic (exact) mass is 516 g/mol. The van der Waals surface area contributed by atoms with Crippen LogP contribution in [-0.2, 0) is 42.7 Å². The van der Waals surface area contributed by atoms with Gasteiger partial charge in [0.2, 0.25) is 5.91 Å². The van der Waals surface area contributed by atoms with Gasteiger partial charge in [-0.25, -0.2) is 0 Å². The highest BCUT2D eigenvalue weighted by atomic mass is 35.5. The minimum atomic E-state index is -0.160. The Hall–Kier alpha value is -0.860. The first-order valence-electron chi connectivity index (χ1n) is 11.4. The number of nitrogens with two attached hydrogens (primary N) is 1. The van der Waals surface area contributed by atoms with Gasteiger partial charge in [-0.1, -0.05) is 6.58 Å². The van der Waals surface area contributed by atoms with Crippen molar-refractivity contribution in [3.8, 4) is 0 Å². The van der Waals surface area contributed by atoms with Crippen LogP contribution in [0.3, 0.4) is 0 Å². The van der Waals surface area contributed by atoms with Crippen LogP contribution in [0.15, 0.2) is 12.2 Å². The molecule has 0 spiro atoms. The van der Waals surface area contributed by atoms with Crippen molar-refractivity contribution in [1.29, 1.82) is 0 Å². The lowest BCUT2D eigenvalue weighted by Crippen LogP contribution is -2.27. The highest BCUT2D eigenvalue weighted by Crippen LogP contribution is 1.87. The summed E-state index contributed by atoms with van der Waals surface area (Å²) in [6.07, 6.45) is 0. The van der Waals surface area contributed by atoms with Crippen LogP contribution in [0.25, 0.3) is 0 Å². The molecule has 0 saturated carbocycles. The molecule has 1 amide bonds. The van der Waals surface area contributed by atoms with E-state index in [9.17, 15) is 4.79 Å². The van der Waals surface area contributed by atoms with E-state index in [0.29, 0.717) is 124 Å². The van der Waals surface area contributed by atoms with Gasteiger partial charge in [-0.2, -0.15) is 0 Å².